The zero-order valence-corrected chi connectivity index (χ0v) is 28.7. The van der Waals surface area contributed by atoms with Gasteiger partial charge in [-0.1, -0.05) is 30.3 Å². The van der Waals surface area contributed by atoms with E-state index in [1.165, 1.54) is 19.9 Å². The second-order valence-corrected chi connectivity index (χ2v) is 13.9. The van der Waals surface area contributed by atoms with Gasteiger partial charge in [0, 0.05) is 43.9 Å². The van der Waals surface area contributed by atoms with Crippen molar-refractivity contribution >= 4 is 27.5 Å². The maximum atomic E-state index is 14.4. The molecule has 1 aliphatic rings. The number of aromatic nitrogens is 1. The third-order valence-electron chi connectivity index (χ3n) is 8.36. The molecular formula is C34H46N4O8S. The summed E-state index contributed by atoms with van der Waals surface area (Å²) >= 11 is 0. The number of aliphatic hydroxyl groups excluding tert-OH is 1. The summed E-state index contributed by atoms with van der Waals surface area (Å²) in [6.45, 7) is 9.32. The van der Waals surface area contributed by atoms with Crippen LogP contribution in [0.1, 0.15) is 72.2 Å². The van der Waals surface area contributed by atoms with Crippen molar-refractivity contribution < 1.29 is 37.1 Å². The molecule has 4 atom stereocenters. The standard InChI is InChI=1S/C34H46N4O8S/c1-22-19-38(23(2)21-39)34(41)29-18-28(36-47(42,43)32-25(4)35-46-26(32)5)15-16-30(29)45-24(3)12-10-11-17-44-31(22)20-37(6)33(40)27-13-8-7-9-14-27/h7-9,13-16,18,22-24,31,36,39H,10-12,17,19-21H2,1-6H3/t22-,23-,24+,31-/m1/s1. The zero-order valence-electron chi connectivity index (χ0n) is 27.9. The van der Waals surface area contributed by atoms with Crippen LogP contribution in [0.25, 0.3) is 0 Å². The first-order valence-electron chi connectivity index (χ1n) is 15.9. The number of amides is 2. The van der Waals surface area contributed by atoms with Gasteiger partial charge < -0.3 is 28.9 Å². The molecule has 0 aliphatic carbocycles. The average molecular weight is 671 g/mol. The molecule has 2 aromatic carbocycles. The zero-order chi connectivity index (χ0) is 34.3. The Kier molecular flexibility index (Phi) is 12.0. The van der Waals surface area contributed by atoms with Crippen LogP contribution >= 0.6 is 0 Å². The fraction of sp³-hybridized carbons (Fsp3) is 0.500. The number of carbonyl (C=O) groups excluding carboxylic acids is 2. The molecule has 13 heteroatoms. The molecule has 1 aliphatic heterocycles. The predicted octanol–water partition coefficient (Wildman–Crippen LogP) is 4.66. The molecule has 12 nitrogen and oxygen atoms in total. The van der Waals surface area contributed by atoms with Crippen LogP contribution in [0.3, 0.4) is 0 Å². The van der Waals surface area contributed by atoms with E-state index in [1.54, 1.807) is 48.0 Å². The van der Waals surface area contributed by atoms with Gasteiger partial charge in [0.25, 0.3) is 21.8 Å². The summed E-state index contributed by atoms with van der Waals surface area (Å²) in [4.78, 5) is 30.6. The van der Waals surface area contributed by atoms with Gasteiger partial charge >= 0.3 is 0 Å². The molecule has 3 aromatic rings. The Morgan fingerprint density at radius 1 is 1.15 bits per heavy atom. The number of nitrogens with one attached hydrogen (secondary N) is 1. The van der Waals surface area contributed by atoms with E-state index in [0.29, 0.717) is 30.9 Å². The lowest BCUT2D eigenvalue weighted by molar-refractivity contribution is -0.0149. The topological polar surface area (TPSA) is 152 Å². The number of anilines is 1. The number of likely N-dealkylation sites (N-methyl/N-ethyl adjacent to an activating group) is 1. The molecule has 256 valence electrons. The summed E-state index contributed by atoms with van der Waals surface area (Å²) in [7, 11) is -2.35. The van der Waals surface area contributed by atoms with Crippen molar-refractivity contribution in [1.82, 2.24) is 15.0 Å². The Hall–Kier alpha value is -3.94. The molecule has 0 fully saturated rings. The van der Waals surface area contributed by atoms with Gasteiger partial charge in [-0.15, -0.1) is 0 Å². The minimum absolute atomic E-state index is 0.0695. The van der Waals surface area contributed by atoms with E-state index < -0.39 is 28.1 Å². The summed E-state index contributed by atoms with van der Waals surface area (Å²) < 4.78 is 46.8. The van der Waals surface area contributed by atoms with Crippen LogP contribution in [-0.2, 0) is 14.8 Å². The summed E-state index contributed by atoms with van der Waals surface area (Å²) in [6.07, 6.45) is 1.63. The first kappa shape index (κ1) is 35.9. The molecule has 1 aromatic heterocycles. The number of nitrogens with zero attached hydrogens (tertiary/aromatic N) is 3. The second-order valence-electron chi connectivity index (χ2n) is 12.3. The van der Waals surface area contributed by atoms with Crippen molar-refractivity contribution in [1.29, 1.82) is 0 Å². The molecule has 0 saturated heterocycles. The van der Waals surface area contributed by atoms with Gasteiger partial charge in [0.05, 0.1) is 30.4 Å². The molecule has 2 heterocycles. The number of ether oxygens (including phenoxy) is 2. The van der Waals surface area contributed by atoms with Crippen molar-refractivity contribution in [2.75, 3.05) is 38.1 Å². The minimum Gasteiger partial charge on any atom is -0.490 e. The number of benzene rings is 2. The first-order chi connectivity index (χ1) is 22.3. The summed E-state index contributed by atoms with van der Waals surface area (Å²) in [6, 6.07) is 13.0. The predicted molar refractivity (Wildman–Crippen MR) is 177 cm³/mol. The molecule has 0 unspecified atom stereocenters. The SMILES string of the molecule is Cc1noc(C)c1S(=O)(=O)Nc1ccc2c(c1)C(=O)N([C@H](C)CO)C[C@@H](C)[C@@H](CN(C)C(=O)c1ccccc1)OCCCC[C@H](C)O2. The highest BCUT2D eigenvalue weighted by molar-refractivity contribution is 7.92. The fourth-order valence-electron chi connectivity index (χ4n) is 5.67. The van der Waals surface area contributed by atoms with E-state index in [-0.39, 0.29) is 58.7 Å². The van der Waals surface area contributed by atoms with Crippen molar-refractivity contribution in [3.63, 3.8) is 0 Å². The van der Waals surface area contributed by atoms with E-state index >= 15 is 0 Å². The molecule has 0 bridgehead atoms. The van der Waals surface area contributed by atoms with Gasteiger partial charge in [-0.2, -0.15) is 0 Å². The van der Waals surface area contributed by atoms with Crippen LogP contribution in [0, 0.1) is 19.8 Å². The van der Waals surface area contributed by atoms with Crippen LogP contribution in [0.5, 0.6) is 5.75 Å². The van der Waals surface area contributed by atoms with Gasteiger partial charge in [-0.05, 0) is 77.3 Å². The Bertz CT molecular complexity index is 1610. The van der Waals surface area contributed by atoms with Crippen LogP contribution in [-0.4, -0.2) is 91.9 Å². The van der Waals surface area contributed by atoms with E-state index in [9.17, 15) is 23.1 Å². The van der Waals surface area contributed by atoms with Gasteiger partial charge in [-0.25, -0.2) is 8.42 Å². The summed E-state index contributed by atoms with van der Waals surface area (Å²) in [5.41, 5.74) is 1.09. The molecule has 47 heavy (non-hydrogen) atoms. The molecule has 0 saturated carbocycles. The first-order valence-corrected chi connectivity index (χ1v) is 17.4. The molecule has 2 N–H and O–H groups in total. The number of sulfonamides is 1. The summed E-state index contributed by atoms with van der Waals surface area (Å²) in [5, 5.41) is 14.0. The molecule has 0 radical (unpaired) electrons. The molecule has 2 amide bonds. The van der Waals surface area contributed by atoms with Gasteiger partial charge in [-0.3, -0.25) is 14.3 Å². The number of rotatable bonds is 8. The normalized spacial score (nSPS) is 20.4. The van der Waals surface area contributed by atoms with Crippen LogP contribution in [0.2, 0.25) is 0 Å². The number of hydrogen-bond donors (Lipinski definition) is 2. The van der Waals surface area contributed by atoms with Crippen molar-refractivity contribution in [2.45, 2.75) is 77.0 Å². The van der Waals surface area contributed by atoms with E-state index in [1.807, 2.05) is 32.0 Å². The Labute approximate surface area is 277 Å². The van der Waals surface area contributed by atoms with Crippen molar-refractivity contribution in [3.8, 4) is 5.75 Å². The smallest absolute Gasteiger partial charge is 0.267 e. The number of aliphatic hydroxyl groups is 1. The van der Waals surface area contributed by atoms with Gasteiger partial charge in [0.1, 0.15) is 11.4 Å². The van der Waals surface area contributed by atoms with Crippen molar-refractivity contribution in [3.05, 3.63) is 71.1 Å². The van der Waals surface area contributed by atoms with Gasteiger partial charge in [0.2, 0.25) is 0 Å². The van der Waals surface area contributed by atoms with Crippen LogP contribution in [0.4, 0.5) is 5.69 Å². The molecule has 4 rings (SSSR count). The van der Waals surface area contributed by atoms with E-state index in [4.69, 9.17) is 14.0 Å². The Balaban J connectivity index is 1.67. The second kappa shape index (κ2) is 15.8. The number of fused-ring (bicyclic) bond motifs is 1. The maximum absolute atomic E-state index is 14.4. The number of aryl methyl sites for hydroxylation is 2. The third kappa shape index (κ3) is 8.91. The molecule has 0 spiro atoms. The monoisotopic (exact) mass is 670 g/mol. The van der Waals surface area contributed by atoms with Crippen LogP contribution in [0.15, 0.2) is 57.9 Å². The van der Waals surface area contributed by atoms with Crippen LogP contribution < -0.4 is 9.46 Å². The lowest BCUT2D eigenvalue weighted by atomic mass is 10.0. The average Bonchev–Trinajstić information content (AvgIpc) is 3.40. The highest BCUT2D eigenvalue weighted by Gasteiger charge is 2.32. The maximum Gasteiger partial charge on any atom is 0.267 e. The highest BCUT2D eigenvalue weighted by atomic mass is 32.2. The number of carbonyl (C=O) groups is 2. The third-order valence-corrected chi connectivity index (χ3v) is 9.99. The Morgan fingerprint density at radius 2 is 1.87 bits per heavy atom. The highest BCUT2D eigenvalue weighted by Crippen LogP contribution is 2.30. The molecular weight excluding hydrogens is 624 g/mol. The lowest BCUT2D eigenvalue weighted by Crippen LogP contribution is -2.48. The Morgan fingerprint density at radius 3 is 2.53 bits per heavy atom. The lowest BCUT2D eigenvalue weighted by Gasteiger charge is -2.36. The fourth-order valence-corrected chi connectivity index (χ4v) is 7.05. The van der Waals surface area contributed by atoms with E-state index in [0.717, 1.165) is 12.8 Å². The quantitative estimate of drug-likeness (QED) is 0.349. The largest absolute Gasteiger partial charge is 0.490 e. The van der Waals surface area contributed by atoms with Crippen molar-refractivity contribution in [2.24, 2.45) is 5.92 Å². The minimum atomic E-state index is -4.09. The van der Waals surface area contributed by atoms with Gasteiger partial charge in [0.15, 0.2) is 10.7 Å². The summed E-state index contributed by atoms with van der Waals surface area (Å²) in [5.74, 6) is -0.367. The number of hydrogen-bond acceptors (Lipinski definition) is 9. The van der Waals surface area contributed by atoms with E-state index in [2.05, 4.69) is 9.88 Å².